The van der Waals surface area contributed by atoms with Crippen LogP contribution >= 0.6 is 0 Å². The van der Waals surface area contributed by atoms with Crippen LogP contribution in [-0.2, 0) is 0 Å². The number of hydrogen-bond acceptors (Lipinski definition) is 4. The first-order valence-corrected chi connectivity index (χ1v) is 7.81. The van der Waals surface area contributed by atoms with E-state index in [-0.39, 0.29) is 11.5 Å². The van der Waals surface area contributed by atoms with Crippen molar-refractivity contribution in [3.63, 3.8) is 0 Å². The third-order valence-electron chi connectivity index (χ3n) is 4.29. The molecule has 0 saturated carbocycles. The quantitative estimate of drug-likeness (QED) is 0.742. The van der Waals surface area contributed by atoms with Crippen molar-refractivity contribution in [3.8, 4) is 0 Å². The summed E-state index contributed by atoms with van der Waals surface area (Å²) in [7, 11) is 0. The molecule has 0 bridgehead atoms. The Kier molecular flexibility index (Phi) is 5.38. The lowest BCUT2D eigenvalue weighted by Crippen LogP contribution is -2.42. The number of aliphatic hydroxyl groups excluding tert-OH is 2. The van der Waals surface area contributed by atoms with Gasteiger partial charge in [0.25, 0.3) is 0 Å². The summed E-state index contributed by atoms with van der Waals surface area (Å²) in [5, 5.41) is 23.0. The van der Waals surface area contributed by atoms with E-state index in [1.54, 1.807) is 0 Å². The lowest BCUT2D eigenvalue weighted by atomic mass is 9.80. The fraction of sp³-hybridized carbons (Fsp3) is 0.647. The van der Waals surface area contributed by atoms with Gasteiger partial charge in [-0.25, -0.2) is 0 Å². The fourth-order valence-electron chi connectivity index (χ4n) is 3.34. The largest absolute Gasteiger partial charge is 0.389 e. The average Bonchev–Trinajstić information content (AvgIpc) is 2.74. The lowest BCUT2D eigenvalue weighted by Gasteiger charge is -2.38. The van der Waals surface area contributed by atoms with Gasteiger partial charge in [0.15, 0.2) is 0 Å². The molecule has 1 heterocycles. The molecule has 0 radical (unpaired) electrons. The van der Waals surface area contributed by atoms with E-state index < -0.39 is 12.2 Å². The highest BCUT2D eigenvalue weighted by molar-refractivity contribution is 5.21. The fourth-order valence-corrected chi connectivity index (χ4v) is 3.34. The lowest BCUT2D eigenvalue weighted by molar-refractivity contribution is 0.0572. The van der Waals surface area contributed by atoms with Gasteiger partial charge in [0, 0.05) is 25.7 Å². The van der Waals surface area contributed by atoms with Gasteiger partial charge in [-0.05, 0) is 17.5 Å². The summed E-state index contributed by atoms with van der Waals surface area (Å²) in [4.78, 5) is 2.16. The minimum absolute atomic E-state index is 0.00113. The number of β-amino-alcohol motifs (C(OH)–C–C–N with tert-alkyl or cyclic N) is 2. The Bertz CT molecular complexity index is 426. The molecule has 3 N–H and O–H groups in total. The van der Waals surface area contributed by atoms with Crippen molar-refractivity contribution in [3.05, 3.63) is 35.9 Å². The summed E-state index contributed by atoms with van der Waals surface area (Å²) in [6.07, 6.45) is -1.23. The molecule has 1 aromatic carbocycles. The summed E-state index contributed by atoms with van der Waals surface area (Å²) < 4.78 is 0. The van der Waals surface area contributed by atoms with E-state index in [9.17, 15) is 10.2 Å². The van der Waals surface area contributed by atoms with E-state index >= 15 is 0 Å². The summed E-state index contributed by atoms with van der Waals surface area (Å²) in [6.45, 7) is 9.46. The van der Waals surface area contributed by atoms with Crippen LogP contribution in [-0.4, -0.2) is 53.5 Å². The van der Waals surface area contributed by atoms with Crippen LogP contribution in [0.25, 0.3) is 0 Å². The third-order valence-corrected chi connectivity index (χ3v) is 4.29. The van der Waals surface area contributed by atoms with Crippen LogP contribution in [0.3, 0.4) is 0 Å². The predicted molar refractivity (Wildman–Crippen MR) is 85.1 cm³/mol. The van der Waals surface area contributed by atoms with Crippen LogP contribution < -0.4 is 5.32 Å². The molecule has 0 spiro atoms. The van der Waals surface area contributed by atoms with Crippen molar-refractivity contribution in [2.45, 2.75) is 39.0 Å². The van der Waals surface area contributed by atoms with Gasteiger partial charge in [0.05, 0.1) is 12.2 Å². The van der Waals surface area contributed by atoms with Gasteiger partial charge < -0.3 is 15.5 Å². The Morgan fingerprint density at radius 3 is 2.29 bits per heavy atom. The molecule has 0 amide bonds. The minimum Gasteiger partial charge on any atom is -0.389 e. The van der Waals surface area contributed by atoms with Gasteiger partial charge in [0.2, 0.25) is 0 Å². The van der Waals surface area contributed by atoms with E-state index in [1.165, 1.54) is 5.56 Å². The molecule has 118 valence electrons. The smallest absolute Gasteiger partial charge is 0.0938 e. The number of aliphatic hydroxyl groups is 2. The van der Waals surface area contributed by atoms with Crippen LogP contribution in [0.4, 0.5) is 0 Å². The molecule has 1 aliphatic heterocycles. The van der Waals surface area contributed by atoms with Gasteiger partial charge in [0.1, 0.15) is 0 Å². The first-order valence-electron chi connectivity index (χ1n) is 7.81. The van der Waals surface area contributed by atoms with Crippen molar-refractivity contribution in [1.29, 1.82) is 0 Å². The molecular weight excluding hydrogens is 264 g/mol. The first kappa shape index (κ1) is 16.4. The summed E-state index contributed by atoms with van der Waals surface area (Å²) >= 11 is 0. The van der Waals surface area contributed by atoms with Gasteiger partial charge in [-0.1, -0.05) is 51.1 Å². The Labute approximate surface area is 127 Å². The summed E-state index contributed by atoms with van der Waals surface area (Å²) in [5.74, 6) is 0. The number of hydrogen-bond donors (Lipinski definition) is 3. The summed E-state index contributed by atoms with van der Waals surface area (Å²) in [6, 6.07) is 10.7. The van der Waals surface area contributed by atoms with Crippen molar-refractivity contribution in [1.82, 2.24) is 10.2 Å². The molecule has 1 aromatic rings. The Morgan fingerprint density at radius 1 is 1.19 bits per heavy atom. The standard InChI is InChI=1S/C17H28N2O2/c1-4-18-16(13-8-6-5-7-9-13)17(2,3)12-19-10-14(20)15(21)11-19/h5-9,14-16,18,20-21H,4,10-12H2,1-3H3. The van der Waals surface area contributed by atoms with Gasteiger partial charge >= 0.3 is 0 Å². The maximum Gasteiger partial charge on any atom is 0.0938 e. The number of nitrogens with one attached hydrogen (secondary N) is 1. The number of rotatable bonds is 6. The molecule has 3 atom stereocenters. The van der Waals surface area contributed by atoms with E-state index in [4.69, 9.17) is 0 Å². The van der Waals surface area contributed by atoms with Crippen LogP contribution in [0.2, 0.25) is 0 Å². The maximum absolute atomic E-state index is 9.72. The van der Waals surface area contributed by atoms with E-state index in [0.29, 0.717) is 13.1 Å². The average molecular weight is 292 g/mol. The van der Waals surface area contributed by atoms with Crippen molar-refractivity contribution < 1.29 is 10.2 Å². The second-order valence-corrected chi connectivity index (χ2v) is 6.72. The van der Waals surface area contributed by atoms with Gasteiger partial charge in [-0.2, -0.15) is 0 Å². The highest BCUT2D eigenvalue weighted by Crippen LogP contribution is 2.35. The number of likely N-dealkylation sites (tertiary alicyclic amines) is 1. The number of nitrogens with zero attached hydrogens (tertiary/aromatic N) is 1. The van der Waals surface area contributed by atoms with Crippen molar-refractivity contribution in [2.75, 3.05) is 26.2 Å². The molecule has 0 aromatic heterocycles. The van der Waals surface area contributed by atoms with E-state index in [2.05, 4.69) is 55.3 Å². The number of benzene rings is 1. The molecule has 4 heteroatoms. The molecule has 3 unspecified atom stereocenters. The SMILES string of the molecule is CCNC(c1ccccc1)C(C)(C)CN1CC(O)C(O)C1. The molecular formula is C17H28N2O2. The summed E-state index contributed by atoms with van der Waals surface area (Å²) in [5.41, 5.74) is 1.28. The zero-order valence-electron chi connectivity index (χ0n) is 13.3. The van der Waals surface area contributed by atoms with Crippen LogP contribution in [0.5, 0.6) is 0 Å². The highest BCUT2D eigenvalue weighted by Gasteiger charge is 2.37. The van der Waals surface area contributed by atoms with Crippen LogP contribution in [0, 0.1) is 5.41 Å². The van der Waals surface area contributed by atoms with Crippen molar-refractivity contribution in [2.24, 2.45) is 5.41 Å². The van der Waals surface area contributed by atoms with Crippen molar-refractivity contribution >= 4 is 0 Å². The molecule has 0 aliphatic carbocycles. The second kappa shape index (κ2) is 6.88. The molecule has 21 heavy (non-hydrogen) atoms. The van der Waals surface area contributed by atoms with E-state index in [1.807, 2.05) is 6.07 Å². The third kappa shape index (κ3) is 4.04. The second-order valence-electron chi connectivity index (χ2n) is 6.72. The molecule has 1 aliphatic rings. The Morgan fingerprint density at radius 2 is 1.76 bits per heavy atom. The van der Waals surface area contributed by atoms with Gasteiger partial charge in [-0.15, -0.1) is 0 Å². The topological polar surface area (TPSA) is 55.7 Å². The molecule has 4 nitrogen and oxygen atoms in total. The molecule has 2 rings (SSSR count). The predicted octanol–water partition coefficient (Wildman–Crippen LogP) is 1.40. The maximum atomic E-state index is 9.72. The monoisotopic (exact) mass is 292 g/mol. The molecule has 1 fully saturated rings. The van der Waals surface area contributed by atoms with Crippen LogP contribution in [0.15, 0.2) is 30.3 Å². The normalized spacial score (nSPS) is 25.2. The van der Waals surface area contributed by atoms with Gasteiger partial charge in [-0.3, -0.25) is 4.90 Å². The van der Waals surface area contributed by atoms with E-state index in [0.717, 1.165) is 13.1 Å². The highest BCUT2D eigenvalue weighted by atomic mass is 16.3. The zero-order chi connectivity index (χ0) is 15.5. The Hall–Kier alpha value is -0.940. The molecule has 1 saturated heterocycles. The zero-order valence-corrected chi connectivity index (χ0v) is 13.3. The first-order chi connectivity index (χ1) is 9.94. The van der Waals surface area contributed by atoms with Crippen LogP contribution in [0.1, 0.15) is 32.4 Å². The minimum atomic E-state index is -0.616. The Balaban J connectivity index is 2.11.